The van der Waals surface area contributed by atoms with E-state index in [-0.39, 0.29) is 0 Å². The van der Waals surface area contributed by atoms with E-state index in [9.17, 15) is 0 Å². The van der Waals surface area contributed by atoms with Crippen molar-refractivity contribution < 1.29 is 0 Å². The zero-order valence-corrected chi connectivity index (χ0v) is 10.1. The number of hydrogen-bond acceptors (Lipinski definition) is 0. The Morgan fingerprint density at radius 2 is 1.67 bits per heavy atom. The highest BCUT2D eigenvalue weighted by atomic mass is 14.0. The lowest BCUT2D eigenvalue weighted by molar-refractivity contribution is 0.527. The van der Waals surface area contributed by atoms with Crippen molar-refractivity contribution in [1.82, 2.24) is 0 Å². The average Bonchev–Trinajstić information content (AvgIpc) is 2.20. The molecule has 1 radical (unpaired) electrons. The van der Waals surface area contributed by atoms with Crippen LogP contribution in [0.4, 0.5) is 0 Å². The first-order chi connectivity index (χ1) is 7.18. The van der Waals surface area contributed by atoms with Crippen LogP contribution in [0.5, 0.6) is 0 Å². The molecule has 0 aromatic heterocycles. The van der Waals surface area contributed by atoms with E-state index in [4.69, 9.17) is 0 Å². The molecular formula is C15H23. The van der Waals surface area contributed by atoms with Gasteiger partial charge < -0.3 is 0 Å². The van der Waals surface area contributed by atoms with Gasteiger partial charge in [-0.2, -0.15) is 0 Å². The number of rotatable bonds is 6. The maximum Gasteiger partial charge on any atom is -0.0238 e. The first-order valence-corrected chi connectivity index (χ1v) is 6.09. The lowest BCUT2D eigenvalue weighted by atomic mass is 10.0. The fourth-order valence-corrected chi connectivity index (χ4v) is 1.76. The average molecular weight is 203 g/mol. The third-order valence-corrected chi connectivity index (χ3v) is 2.77. The molecule has 0 aliphatic heterocycles. The summed E-state index contributed by atoms with van der Waals surface area (Å²) >= 11 is 0. The van der Waals surface area contributed by atoms with Crippen LogP contribution in [0.1, 0.15) is 50.7 Å². The van der Waals surface area contributed by atoms with Crippen LogP contribution in [0.25, 0.3) is 0 Å². The standard InChI is InChI=1S/C15H23/c1-13(2)7-5-4-6-8-15-11-9-14(3)10-12-15/h9-13H,3-8H2,1-2H3. The summed E-state index contributed by atoms with van der Waals surface area (Å²) in [4.78, 5) is 0. The number of unbranched alkanes of at least 4 members (excludes halogenated alkanes) is 2. The van der Waals surface area contributed by atoms with Gasteiger partial charge in [-0.05, 0) is 36.8 Å². The monoisotopic (exact) mass is 203 g/mol. The topological polar surface area (TPSA) is 0 Å². The summed E-state index contributed by atoms with van der Waals surface area (Å²) in [7, 11) is 0. The van der Waals surface area contributed by atoms with Crippen LogP contribution < -0.4 is 0 Å². The van der Waals surface area contributed by atoms with Crippen molar-refractivity contribution in [2.24, 2.45) is 5.92 Å². The van der Waals surface area contributed by atoms with Gasteiger partial charge in [-0.1, -0.05) is 57.4 Å². The van der Waals surface area contributed by atoms with Crippen LogP contribution in [0.2, 0.25) is 0 Å². The van der Waals surface area contributed by atoms with E-state index in [1.807, 2.05) is 0 Å². The molecule has 0 aliphatic carbocycles. The predicted octanol–water partition coefficient (Wildman–Crippen LogP) is 4.63. The highest BCUT2D eigenvalue weighted by molar-refractivity contribution is 5.24. The summed E-state index contributed by atoms with van der Waals surface area (Å²) in [6, 6.07) is 8.60. The summed E-state index contributed by atoms with van der Waals surface area (Å²) in [5.74, 6) is 0.857. The van der Waals surface area contributed by atoms with Gasteiger partial charge in [0.2, 0.25) is 0 Å². The maximum absolute atomic E-state index is 3.89. The van der Waals surface area contributed by atoms with Gasteiger partial charge in [0.05, 0.1) is 0 Å². The summed E-state index contributed by atoms with van der Waals surface area (Å²) in [6.45, 7) is 8.49. The minimum absolute atomic E-state index is 0.857. The van der Waals surface area contributed by atoms with Crippen LogP contribution in [0.15, 0.2) is 24.3 Å². The third-order valence-electron chi connectivity index (χ3n) is 2.77. The smallest absolute Gasteiger partial charge is 0.0238 e. The molecule has 15 heavy (non-hydrogen) atoms. The molecule has 0 saturated carbocycles. The minimum atomic E-state index is 0.857. The second kappa shape index (κ2) is 6.66. The summed E-state index contributed by atoms with van der Waals surface area (Å²) in [5, 5.41) is 0. The minimum Gasteiger partial charge on any atom is -0.0628 e. The van der Waals surface area contributed by atoms with Crippen molar-refractivity contribution in [2.45, 2.75) is 46.0 Å². The van der Waals surface area contributed by atoms with Gasteiger partial charge in [-0.3, -0.25) is 0 Å². The fourth-order valence-electron chi connectivity index (χ4n) is 1.76. The fraction of sp³-hybridized carbons (Fsp3) is 0.533. The van der Waals surface area contributed by atoms with Crippen molar-refractivity contribution in [2.75, 3.05) is 0 Å². The quantitative estimate of drug-likeness (QED) is 0.591. The zero-order chi connectivity index (χ0) is 11.1. The Hall–Kier alpha value is -0.780. The van der Waals surface area contributed by atoms with E-state index in [0.717, 1.165) is 11.5 Å². The molecule has 0 aliphatic rings. The van der Waals surface area contributed by atoms with Gasteiger partial charge in [0, 0.05) is 0 Å². The van der Waals surface area contributed by atoms with E-state index in [0.29, 0.717) is 0 Å². The molecule has 1 aromatic rings. The molecule has 0 saturated heterocycles. The van der Waals surface area contributed by atoms with Gasteiger partial charge in [0.1, 0.15) is 0 Å². The van der Waals surface area contributed by atoms with Crippen LogP contribution in [0.3, 0.4) is 0 Å². The Morgan fingerprint density at radius 1 is 1.00 bits per heavy atom. The Balaban J connectivity index is 2.12. The van der Waals surface area contributed by atoms with E-state index in [2.05, 4.69) is 45.0 Å². The molecule has 1 rings (SSSR count). The molecule has 0 heterocycles. The van der Waals surface area contributed by atoms with Crippen LogP contribution >= 0.6 is 0 Å². The predicted molar refractivity (Wildman–Crippen MR) is 67.9 cm³/mol. The maximum atomic E-state index is 3.89. The number of aryl methyl sites for hydroxylation is 1. The summed E-state index contributed by atoms with van der Waals surface area (Å²) in [5.41, 5.74) is 2.56. The number of hydrogen-bond donors (Lipinski definition) is 0. The Bertz CT molecular complexity index is 256. The van der Waals surface area contributed by atoms with Gasteiger partial charge in [-0.25, -0.2) is 0 Å². The Morgan fingerprint density at radius 3 is 2.27 bits per heavy atom. The van der Waals surface area contributed by atoms with Gasteiger partial charge in [-0.15, -0.1) is 0 Å². The van der Waals surface area contributed by atoms with Crippen LogP contribution in [-0.2, 0) is 6.42 Å². The first kappa shape index (κ1) is 12.3. The van der Waals surface area contributed by atoms with Crippen molar-refractivity contribution in [1.29, 1.82) is 0 Å². The third kappa shape index (κ3) is 5.61. The lowest BCUT2D eigenvalue weighted by Crippen LogP contribution is -1.89. The van der Waals surface area contributed by atoms with Crippen molar-refractivity contribution in [3.63, 3.8) is 0 Å². The van der Waals surface area contributed by atoms with Crippen molar-refractivity contribution in [3.8, 4) is 0 Å². The second-order valence-corrected chi connectivity index (χ2v) is 4.81. The summed E-state index contributed by atoms with van der Waals surface area (Å²) in [6.07, 6.45) is 6.66. The van der Waals surface area contributed by atoms with Crippen LogP contribution in [0, 0.1) is 12.8 Å². The normalized spacial score (nSPS) is 10.9. The van der Waals surface area contributed by atoms with E-state index in [1.165, 1.54) is 37.7 Å². The zero-order valence-electron chi connectivity index (χ0n) is 10.1. The molecule has 0 heteroatoms. The largest absolute Gasteiger partial charge is 0.0628 e. The molecule has 0 nitrogen and oxygen atoms in total. The second-order valence-electron chi connectivity index (χ2n) is 4.81. The van der Waals surface area contributed by atoms with E-state index in [1.54, 1.807) is 0 Å². The molecule has 0 N–H and O–H groups in total. The summed E-state index contributed by atoms with van der Waals surface area (Å²) < 4.78 is 0. The Kier molecular flexibility index (Phi) is 5.45. The molecule has 1 aromatic carbocycles. The molecule has 0 atom stereocenters. The van der Waals surface area contributed by atoms with Gasteiger partial charge in [0.15, 0.2) is 0 Å². The highest BCUT2D eigenvalue weighted by Gasteiger charge is 1.96. The molecule has 0 unspecified atom stereocenters. The van der Waals surface area contributed by atoms with E-state index >= 15 is 0 Å². The van der Waals surface area contributed by atoms with Gasteiger partial charge >= 0.3 is 0 Å². The molecule has 0 amide bonds. The highest BCUT2D eigenvalue weighted by Crippen LogP contribution is 2.11. The first-order valence-electron chi connectivity index (χ1n) is 6.09. The molecule has 0 bridgehead atoms. The van der Waals surface area contributed by atoms with Crippen LogP contribution in [-0.4, -0.2) is 0 Å². The molecule has 0 spiro atoms. The lowest BCUT2D eigenvalue weighted by Gasteiger charge is -2.04. The van der Waals surface area contributed by atoms with Crippen molar-refractivity contribution >= 4 is 0 Å². The SMILES string of the molecule is [CH2]c1ccc(CCCCCC(C)C)cc1. The molecule has 83 valence electrons. The molecule has 0 fully saturated rings. The number of benzene rings is 1. The van der Waals surface area contributed by atoms with Gasteiger partial charge in [0.25, 0.3) is 0 Å². The Labute approximate surface area is 94.7 Å². The van der Waals surface area contributed by atoms with E-state index < -0.39 is 0 Å². The van der Waals surface area contributed by atoms with Crippen molar-refractivity contribution in [3.05, 3.63) is 42.3 Å². The molecular weight excluding hydrogens is 180 g/mol.